The van der Waals surface area contributed by atoms with E-state index in [1.165, 1.54) is 0 Å². The Bertz CT molecular complexity index is 2270. The summed E-state index contributed by atoms with van der Waals surface area (Å²) in [5.74, 6) is -0.0779. The minimum atomic E-state index is -4.34. The molecule has 12 nitrogen and oxygen atoms in total. The number of allylic oxidation sites excluding steroid dienone is 9. The van der Waals surface area contributed by atoms with Gasteiger partial charge in [-0.3, -0.25) is 4.55 Å². The van der Waals surface area contributed by atoms with E-state index in [9.17, 15) is 25.9 Å². The molecule has 0 fully saturated rings. The summed E-state index contributed by atoms with van der Waals surface area (Å²) in [6, 6.07) is 13.9. The van der Waals surface area contributed by atoms with E-state index in [1.54, 1.807) is 0 Å². The summed E-state index contributed by atoms with van der Waals surface area (Å²) in [5.41, 5.74) is 8.32. The van der Waals surface area contributed by atoms with Crippen LogP contribution in [0.15, 0.2) is 135 Å². The molecule has 0 aliphatic carbocycles. The molecule has 0 amide bonds. The minimum absolute atomic E-state index is 0. The largest absolute Gasteiger partial charge is 2.00 e. The van der Waals surface area contributed by atoms with E-state index < -0.39 is 26.0 Å². The second kappa shape index (κ2) is 15.6. The van der Waals surface area contributed by atoms with Gasteiger partial charge in [0.2, 0.25) is 0 Å². The van der Waals surface area contributed by atoms with Crippen LogP contribution in [-0.4, -0.2) is 77.5 Å². The smallest absolute Gasteiger partial charge is 0.748 e. The monoisotopic (exact) mass is 786 g/mol. The average molecular weight is 788 g/mol. The van der Waals surface area contributed by atoms with Gasteiger partial charge in [-0.25, -0.2) is 23.4 Å². The number of fused-ring (bicyclic) bond motifs is 5. The number of rotatable bonds is 11. The molecule has 8 bridgehead atoms. The molecule has 6 heterocycles. The topological polar surface area (TPSA) is 169 Å². The summed E-state index contributed by atoms with van der Waals surface area (Å²) in [7, 11) is -8.44. The Morgan fingerprint density at radius 3 is 1.98 bits per heavy atom. The minimum Gasteiger partial charge on any atom is -0.748 e. The molecule has 5 aliphatic heterocycles. The van der Waals surface area contributed by atoms with E-state index in [-0.39, 0.29) is 38.1 Å². The van der Waals surface area contributed by atoms with Crippen molar-refractivity contribution in [1.82, 2.24) is 14.8 Å². The molecule has 7 rings (SSSR count). The fourth-order valence-electron chi connectivity index (χ4n) is 6.33. The van der Waals surface area contributed by atoms with Gasteiger partial charge in [0.15, 0.2) is 0 Å². The Hall–Kier alpha value is -4.53. The van der Waals surface area contributed by atoms with Gasteiger partial charge in [0.1, 0.15) is 5.82 Å². The third-order valence-electron chi connectivity index (χ3n) is 8.61. The average Bonchev–Trinajstić information content (AvgIpc) is 3.93. The molecule has 1 aromatic heterocycles. The number of aromatic nitrogens is 1. The zero-order chi connectivity index (χ0) is 35.6. The number of nitrogens with zero attached hydrogens (tertiary/aromatic N) is 6. The molecule has 0 spiro atoms. The maximum absolute atomic E-state index is 11.4. The quantitative estimate of drug-likeness (QED) is 0.186. The zero-order valence-electron chi connectivity index (χ0n) is 28.2. The molecular formula is C37H34N6O6S2Zn. The van der Waals surface area contributed by atoms with Crippen molar-refractivity contribution >= 4 is 54.6 Å². The van der Waals surface area contributed by atoms with Gasteiger partial charge in [-0.2, -0.15) is 8.42 Å². The molecular weight excluding hydrogens is 754 g/mol. The van der Waals surface area contributed by atoms with Gasteiger partial charge in [-0.05, 0) is 73.8 Å². The number of hydrogen-bond donors (Lipinski definition) is 1. The fourth-order valence-corrected chi connectivity index (χ4v) is 7.45. The SMILES string of the molecule is O=S(=O)([O-])CCCCN1C=CN(CCCCS(=O)(=O)O)/C1=C1\C2=NC(=CC3=NC(=C(c4ccccc4)C4=NC(=Cc5ccc1[n-]5)C=C4)C=C3)C=C2.[Zn+2]. The van der Waals surface area contributed by atoms with Crippen LogP contribution in [-0.2, 0) is 39.7 Å². The first-order chi connectivity index (χ1) is 24.5. The normalized spacial score (nSPS) is 19.2. The first-order valence-electron chi connectivity index (χ1n) is 16.5. The second-order valence-electron chi connectivity index (χ2n) is 12.4. The van der Waals surface area contributed by atoms with Crippen LogP contribution in [0.1, 0.15) is 42.6 Å². The van der Waals surface area contributed by atoms with E-state index in [0.717, 1.165) is 39.8 Å². The van der Waals surface area contributed by atoms with Crippen molar-refractivity contribution in [2.24, 2.45) is 15.0 Å². The zero-order valence-corrected chi connectivity index (χ0v) is 32.8. The summed E-state index contributed by atoms with van der Waals surface area (Å²) >= 11 is 0. The summed E-state index contributed by atoms with van der Waals surface area (Å²) in [6.45, 7) is 0.836. The van der Waals surface area contributed by atoms with Crippen LogP contribution in [0.4, 0.5) is 0 Å². The fraction of sp³-hybridized carbons (Fsp3) is 0.216. The van der Waals surface area contributed by atoms with Crippen LogP contribution >= 0.6 is 0 Å². The molecule has 2 aromatic rings. The first-order valence-corrected chi connectivity index (χ1v) is 19.7. The molecule has 0 atom stereocenters. The Morgan fingerprint density at radius 1 is 0.692 bits per heavy atom. The third kappa shape index (κ3) is 8.91. The number of unbranched alkanes of at least 4 members (excludes halogenated alkanes) is 2. The van der Waals surface area contributed by atoms with E-state index >= 15 is 0 Å². The Kier molecular flexibility index (Phi) is 11.2. The number of hydrogen-bond acceptors (Lipinski definition) is 10. The first kappa shape index (κ1) is 37.2. The molecule has 15 heteroatoms. The summed E-state index contributed by atoms with van der Waals surface area (Å²) in [4.78, 5) is 23.9. The van der Waals surface area contributed by atoms with Crippen molar-refractivity contribution < 1.29 is 45.4 Å². The molecule has 1 N–H and O–H groups in total. The summed E-state index contributed by atoms with van der Waals surface area (Å²) in [5, 5.41) is 0. The van der Waals surface area contributed by atoms with Gasteiger partial charge in [0.05, 0.1) is 50.1 Å². The van der Waals surface area contributed by atoms with Gasteiger partial charge in [-0.15, -0.1) is 11.4 Å². The van der Waals surface area contributed by atoms with Crippen LogP contribution in [0.3, 0.4) is 0 Å². The predicted octanol–water partition coefficient (Wildman–Crippen LogP) is 5.07. The Morgan fingerprint density at radius 2 is 1.33 bits per heavy atom. The van der Waals surface area contributed by atoms with E-state index in [1.807, 2.05) is 113 Å². The van der Waals surface area contributed by atoms with Crippen molar-refractivity contribution in [1.29, 1.82) is 0 Å². The second-order valence-corrected chi connectivity index (χ2v) is 15.5. The van der Waals surface area contributed by atoms with Gasteiger partial charge in [-0.1, -0.05) is 48.5 Å². The summed E-state index contributed by atoms with van der Waals surface area (Å²) in [6.07, 6.45) is 20.6. The van der Waals surface area contributed by atoms with Crippen LogP contribution in [0.2, 0.25) is 0 Å². The van der Waals surface area contributed by atoms with Crippen molar-refractivity contribution in [3.8, 4) is 0 Å². The Labute approximate surface area is 315 Å². The molecule has 0 unspecified atom stereocenters. The van der Waals surface area contributed by atoms with Gasteiger partial charge >= 0.3 is 19.5 Å². The molecule has 262 valence electrons. The van der Waals surface area contributed by atoms with Crippen LogP contribution in [0, 0.1) is 0 Å². The molecule has 1 aromatic carbocycles. The third-order valence-corrected chi connectivity index (χ3v) is 10.2. The van der Waals surface area contributed by atoms with E-state index in [0.29, 0.717) is 54.3 Å². The number of benzene rings is 1. The van der Waals surface area contributed by atoms with E-state index in [4.69, 9.17) is 20.0 Å². The number of aliphatic imine (C=N–C) groups is 3. The standard InChI is InChI=1S/C37H35N6O6S2.Zn/c44-50(45,46)22-6-4-18-42-20-21-43(19-5-7-23-51(47,48)49)37(42)36-33-16-12-29(40-33)24-27-10-14-31(38-27)35(26-8-2-1-3-9-26)32-15-11-28(39-32)25-30-13-17-34(36)41-30;/h1-3,8-17,20-21,24-25H,4-7,18-19,22-23H2,(H,44,45,46)(H,47,48,49);/q-1;+2/p-1. The molecule has 0 radical (unpaired) electrons. The molecule has 52 heavy (non-hydrogen) atoms. The molecule has 5 aliphatic rings. The van der Waals surface area contributed by atoms with Crippen molar-refractivity contribution in [3.05, 3.63) is 137 Å². The maximum Gasteiger partial charge on any atom is 2.00 e. The Balaban J connectivity index is 0.00000464. The van der Waals surface area contributed by atoms with Crippen LogP contribution in [0.5, 0.6) is 0 Å². The van der Waals surface area contributed by atoms with Crippen molar-refractivity contribution in [2.45, 2.75) is 25.7 Å². The maximum atomic E-state index is 11.4. The van der Waals surface area contributed by atoms with Crippen LogP contribution < -0.4 is 4.98 Å². The predicted molar refractivity (Wildman–Crippen MR) is 198 cm³/mol. The summed E-state index contributed by atoms with van der Waals surface area (Å²) < 4.78 is 65.9. The van der Waals surface area contributed by atoms with Gasteiger partial charge in [0, 0.05) is 42.4 Å². The van der Waals surface area contributed by atoms with Crippen LogP contribution in [0.25, 0.3) is 17.2 Å². The van der Waals surface area contributed by atoms with Gasteiger partial charge < -0.3 is 19.3 Å². The molecule has 0 saturated heterocycles. The van der Waals surface area contributed by atoms with Crippen molar-refractivity contribution in [2.75, 3.05) is 24.6 Å². The van der Waals surface area contributed by atoms with Crippen molar-refractivity contribution in [3.63, 3.8) is 0 Å². The molecule has 0 saturated carbocycles. The van der Waals surface area contributed by atoms with E-state index in [2.05, 4.69) is 0 Å². The van der Waals surface area contributed by atoms with Gasteiger partial charge in [0.25, 0.3) is 10.1 Å².